The molecule has 0 atom stereocenters. The molecule has 0 amide bonds. The van der Waals surface area contributed by atoms with Crippen molar-refractivity contribution in [3.63, 3.8) is 0 Å². The standard InChI is InChI=1S/C17H27O2/c1-8-18-12-19-15-10-9-13(16(2,3)4)11-14(15)17(5,6)7/h9-12H,8H2,1-7H3. The number of benzene rings is 1. The fraction of sp³-hybridized carbons (Fsp3) is 0.588. The Labute approximate surface area is 118 Å². The van der Waals surface area contributed by atoms with Crippen LogP contribution in [0, 0.1) is 6.79 Å². The van der Waals surface area contributed by atoms with Gasteiger partial charge in [0.1, 0.15) is 5.75 Å². The summed E-state index contributed by atoms with van der Waals surface area (Å²) in [6.45, 7) is 17.2. The largest absolute Gasteiger partial charge is 0.458 e. The maximum atomic E-state index is 5.62. The van der Waals surface area contributed by atoms with Gasteiger partial charge in [-0.25, -0.2) is 0 Å². The van der Waals surface area contributed by atoms with Gasteiger partial charge in [-0.2, -0.15) is 0 Å². The van der Waals surface area contributed by atoms with Gasteiger partial charge in [0.2, 0.25) is 0 Å². The first-order valence-corrected chi connectivity index (χ1v) is 6.91. The van der Waals surface area contributed by atoms with E-state index in [0.29, 0.717) is 6.61 Å². The third-order valence-electron chi connectivity index (χ3n) is 3.06. The summed E-state index contributed by atoms with van der Waals surface area (Å²) in [4.78, 5) is 0. The lowest BCUT2D eigenvalue weighted by Gasteiger charge is -2.27. The monoisotopic (exact) mass is 263 g/mol. The van der Waals surface area contributed by atoms with Crippen LogP contribution in [0.15, 0.2) is 18.2 Å². The molecular formula is C17H27O2. The normalized spacial score (nSPS) is 12.6. The van der Waals surface area contributed by atoms with Crippen LogP contribution >= 0.6 is 0 Å². The van der Waals surface area contributed by atoms with E-state index in [1.165, 1.54) is 17.9 Å². The summed E-state index contributed by atoms with van der Waals surface area (Å²) in [7, 11) is 0. The van der Waals surface area contributed by atoms with E-state index in [1.807, 2.05) is 13.0 Å². The van der Waals surface area contributed by atoms with E-state index in [4.69, 9.17) is 9.47 Å². The first-order chi connectivity index (χ1) is 8.66. The van der Waals surface area contributed by atoms with E-state index in [2.05, 4.69) is 53.7 Å². The predicted octanol–water partition coefficient (Wildman–Crippen LogP) is 4.82. The van der Waals surface area contributed by atoms with Crippen molar-refractivity contribution in [3.05, 3.63) is 36.1 Å². The van der Waals surface area contributed by atoms with Crippen molar-refractivity contribution in [1.29, 1.82) is 0 Å². The average Bonchev–Trinajstić information content (AvgIpc) is 2.27. The van der Waals surface area contributed by atoms with E-state index in [9.17, 15) is 0 Å². The molecule has 0 saturated carbocycles. The summed E-state index contributed by atoms with van der Waals surface area (Å²) < 4.78 is 10.8. The highest BCUT2D eigenvalue weighted by Gasteiger charge is 2.23. The molecule has 1 aromatic rings. The van der Waals surface area contributed by atoms with E-state index in [-0.39, 0.29) is 10.8 Å². The Bertz CT molecular complexity index is 408. The van der Waals surface area contributed by atoms with Crippen LogP contribution in [0.1, 0.15) is 59.6 Å². The highest BCUT2D eigenvalue weighted by molar-refractivity contribution is 5.43. The van der Waals surface area contributed by atoms with Crippen LogP contribution in [0.2, 0.25) is 0 Å². The minimum atomic E-state index is 0.0383. The summed E-state index contributed by atoms with van der Waals surface area (Å²) in [5.74, 6) is 0.869. The number of rotatable bonds is 4. The van der Waals surface area contributed by atoms with Gasteiger partial charge < -0.3 is 9.47 Å². The van der Waals surface area contributed by atoms with Crippen molar-refractivity contribution in [2.75, 3.05) is 6.61 Å². The van der Waals surface area contributed by atoms with Gasteiger partial charge in [0.05, 0.1) is 0 Å². The molecule has 0 unspecified atom stereocenters. The molecule has 1 radical (unpaired) electrons. The number of hydrogen-bond acceptors (Lipinski definition) is 2. The molecule has 0 spiro atoms. The second kappa shape index (κ2) is 5.96. The van der Waals surface area contributed by atoms with Gasteiger partial charge in [0, 0.05) is 6.61 Å². The van der Waals surface area contributed by atoms with Gasteiger partial charge in [-0.1, -0.05) is 53.7 Å². The van der Waals surface area contributed by atoms with Crippen LogP contribution in [0.5, 0.6) is 5.75 Å². The van der Waals surface area contributed by atoms with Crippen LogP contribution in [0.3, 0.4) is 0 Å². The average molecular weight is 263 g/mol. The molecule has 19 heavy (non-hydrogen) atoms. The maximum Gasteiger partial charge on any atom is 0.263 e. The van der Waals surface area contributed by atoms with Crippen molar-refractivity contribution in [1.82, 2.24) is 0 Å². The summed E-state index contributed by atoms with van der Waals surface area (Å²) in [6, 6.07) is 6.41. The zero-order chi connectivity index (χ0) is 14.7. The SMILES string of the molecule is CCO[CH]Oc1ccc(C(C)(C)C)cc1C(C)(C)C. The van der Waals surface area contributed by atoms with Gasteiger partial charge in [-0.05, 0) is 34.9 Å². The van der Waals surface area contributed by atoms with Gasteiger partial charge in [0.25, 0.3) is 6.79 Å². The molecule has 0 aliphatic rings. The second-order valence-electron chi connectivity index (χ2n) is 6.88. The first-order valence-electron chi connectivity index (χ1n) is 6.91. The lowest BCUT2D eigenvalue weighted by atomic mass is 9.80. The predicted molar refractivity (Wildman–Crippen MR) is 80.4 cm³/mol. The Hall–Kier alpha value is -1.02. The quantitative estimate of drug-likeness (QED) is 0.725. The zero-order valence-corrected chi connectivity index (χ0v) is 13.3. The molecule has 0 fully saturated rings. The van der Waals surface area contributed by atoms with Crippen molar-refractivity contribution in [2.24, 2.45) is 0 Å². The number of hydrogen-bond donors (Lipinski definition) is 0. The number of ether oxygens (including phenoxy) is 2. The van der Waals surface area contributed by atoms with Crippen molar-refractivity contribution < 1.29 is 9.47 Å². The molecule has 0 heterocycles. The molecule has 107 valence electrons. The van der Waals surface area contributed by atoms with Crippen molar-refractivity contribution >= 4 is 0 Å². The molecule has 2 heteroatoms. The second-order valence-corrected chi connectivity index (χ2v) is 6.88. The molecule has 0 bridgehead atoms. The van der Waals surface area contributed by atoms with Gasteiger partial charge in [-0.15, -0.1) is 0 Å². The van der Waals surface area contributed by atoms with Gasteiger partial charge >= 0.3 is 0 Å². The summed E-state index contributed by atoms with van der Waals surface area (Å²) in [5.41, 5.74) is 2.70. The molecule has 0 N–H and O–H groups in total. The van der Waals surface area contributed by atoms with E-state index in [0.717, 1.165) is 5.75 Å². The van der Waals surface area contributed by atoms with Crippen LogP contribution in [-0.2, 0) is 15.6 Å². The Morgan fingerprint density at radius 3 is 2.11 bits per heavy atom. The summed E-state index contributed by atoms with van der Waals surface area (Å²) in [6.07, 6.45) is 0. The fourth-order valence-electron chi connectivity index (χ4n) is 1.84. The van der Waals surface area contributed by atoms with Crippen molar-refractivity contribution in [2.45, 2.75) is 59.3 Å². The van der Waals surface area contributed by atoms with Crippen molar-refractivity contribution in [3.8, 4) is 5.75 Å². The molecule has 1 rings (SSSR count). The molecular weight excluding hydrogens is 236 g/mol. The summed E-state index contributed by atoms with van der Waals surface area (Å²) >= 11 is 0. The highest BCUT2D eigenvalue weighted by Crippen LogP contribution is 2.35. The van der Waals surface area contributed by atoms with Crippen LogP contribution < -0.4 is 4.74 Å². The Morgan fingerprint density at radius 1 is 1.00 bits per heavy atom. The van der Waals surface area contributed by atoms with E-state index in [1.54, 1.807) is 0 Å². The van der Waals surface area contributed by atoms with Gasteiger partial charge in [0.15, 0.2) is 0 Å². The van der Waals surface area contributed by atoms with Gasteiger partial charge in [-0.3, -0.25) is 0 Å². The third kappa shape index (κ3) is 4.54. The minimum Gasteiger partial charge on any atom is -0.458 e. The third-order valence-corrected chi connectivity index (χ3v) is 3.06. The first kappa shape index (κ1) is 16.0. The molecule has 0 saturated heterocycles. The van der Waals surface area contributed by atoms with E-state index >= 15 is 0 Å². The topological polar surface area (TPSA) is 18.5 Å². The van der Waals surface area contributed by atoms with Crippen LogP contribution in [0.4, 0.5) is 0 Å². The zero-order valence-electron chi connectivity index (χ0n) is 13.3. The molecule has 2 nitrogen and oxygen atoms in total. The fourth-order valence-corrected chi connectivity index (χ4v) is 1.84. The van der Waals surface area contributed by atoms with Crippen LogP contribution in [0.25, 0.3) is 0 Å². The lowest BCUT2D eigenvalue weighted by molar-refractivity contribution is 0.0998. The summed E-state index contributed by atoms with van der Waals surface area (Å²) in [5, 5.41) is 0. The molecule has 1 aromatic carbocycles. The molecule has 0 aromatic heterocycles. The Morgan fingerprint density at radius 2 is 1.63 bits per heavy atom. The van der Waals surface area contributed by atoms with E-state index < -0.39 is 0 Å². The molecule has 0 aliphatic heterocycles. The van der Waals surface area contributed by atoms with Crippen LogP contribution in [-0.4, -0.2) is 6.61 Å². The minimum absolute atomic E-state index is 0.0383. The smallest absolute Gasteiger partial charge is 0.263 e. The Balaban J connectivity index is 3.11. The lowest BCUT2D eigenvalue weighted by Crippen LogP contribution is -2.17. The Kier molecular flexibility index (Phi) is 5.03. The molecule has 0 aliphatic carbocycles. The maximum absolute atomic E-state index is 5.62. The highest BCUT2D eigenvalue weighted by atomic mass is 16.7.